The van der Waals surface area contributed by atoms with E-state index in [0.29, 0.717) is 6.54 Å². The van der Waals surface area contributed by atoms with Gasteiger partial charge >= 0.3 is 0 Å². The highest BCUT2D eigenvalue weighted by molar-refractivity contribution is 5.36. The average Bonchev–Trinajstić information content (AvgIpc) is 3.03. The molecule has 20 heavy (non-hydrogen) atoms. The first-order valence-corrected chi connectivity index (χ1v) is 7.16. The fraction of sp³-hybridized carbons (Fsp3) is 0.412. The minimum atomic E-state index is 0.0351. The number of rotatable bonds is 4. The lowest BCUT2D eigenvalue weighted by molar-refractivity contribution is 0.127. The lowest BCUT2D eigenvalue weighted by Gasteiger charge is -2.38. The summed E-state index contributed by atoms with van der Waals surface area (Å²) in [4.78, 5) is 2.39. The molecule has 1 aliphatic carbocycles. The van der Waals surface area contributed by atoms with E-state index >= 15 is 0 Å². The van der Waals surface area contributed by atoms with Gasteiger partial charge in [-0.15, -0.1) is 0 Å². The van der Waals surface area contributed by atoms with Gasteiger partial charge in [-0.25, -0.2) is 0 Å². The van der Waals surface area contributed by atoms with E-state index in [-0.39, 0.29) is 5.54 Å². The van der Waals surface area contributed by atoms with Gasteiger partial charge < -0.3 is 10.2 Å². The normalized spacial score (nSPS) is 16.6. The number of benzene rings is 1. The monoisotopic (exact) mass is 270 g/mol. The third-order valence-electron chi connectivity index (χ3n) is 4.72. The average molecular weight is 270 g/mol. The largest absolute Gasteiger partial charge is 0.469 e. The summed E-state index contributed by atoms with van der Waals surface area (Å²) in [6.45, 7) is 3.57. The summed E-state index contributed by atoms with van der Waals surface area (Å²) in [6.07, 6.45) is 3.83. The molecule has 0 fully saturated rings. The van der Waals surface area contributed by atoms with E-state index in [4.69, 9.17) is 10.2 Å². The smallest absolute Gasteiger partial charge is 0.105 e. The predicted octanol–water partition coefficient (Wildman–Crippen LogP) is 2.52. The Kier molecular flexibility index (Phi) is 3.40. The molecule has 0 atom stereocenters. The van der Waals surface area contributed by atoms with Crippen LogP contribution in [0, 0.1) is 6.92 Å². The first-order valence-electron chi connectivity index (χ1n) is 7.16. The lowest BCUT2D eigenvalue weighted by atomic mass is 9.93. The summed E-state index contributed by atoms with van der Waals surface area (Å²) < 4.78 is 5.40. The molecule has 0 bridgehead atoms. The van der Waals surface area contributed by atoms with Crippen LogP contribution in [0.15, 0.2) is 41.0 Å². The molecule has 0 spiro atoms. The van der Waals surface area contributed by atoms with Crippen LogP contribution in [0.4, 0.5) is 0 Å². The summed E-state index contributed by atoms with van der Waals surface area (Å²) in [5.41, 5.74) is 10.3. The number of aryl methyl sites for hydroxylation is 1. The second-order valence-corrected chi connectivity index (χ2v) is 5.91. The van der Waals surface area contributed by atoms with Gasteiger partial charge in [0.2, 0.25) is 0 Å². The Bertz CT molecular complexity index is 578. The van der Waals surface area contributed by atoms with Crippen LogP contribution >= 0.6 is 0 Å². The molecule has 3 nitrogen and oxygen atoms in total. The highest BCUT2D eigenvalue weighted by Gasteiger charge is 2.39. The third kappa shape index (κ3) is 2.17. The van der Waals surface area contributed by atoms with Crippen molar-refractivity contribution in [1.29, 1.82) is 0 Å². The number of furan rings is 1. The highest BCUT2D eigenvalue weighted by atomic mass is 16.3. The molecule has 3 rings (SSSR count). The number of hydrogen-bond acceptors (Lipinski definition) is 3. The maximum atomic E-state index is 6.15. The Balaban J connectivity index is 1.83. The van der Waals surface area contributed by atoms with E-state index in [2.05, 4.69) is 42.3 Å². The van der Waals surface area contributed by atoms with Gasteiger partial charge in [0.15, 0.2) is 0 Å². The van der Waals surface area contributed by atoms with Crippen molar-refractivity contribution >= 4 is 0 Å². The van der Waals surface area contributed by atoms with Crippen molar-refractivity contribution in [2.75, 3.05) is 13.6 Å². The molecule has 1 aliphatic rings. The zero-order valence-corrected chi connectivity index (χ0v) is 12.2. The summed E-state index contributed by atoms with van der Waals surface area (Å²) in [7, 11) is 2.17. The maximum absolute atomic E-state index is 6.15. The first-order chi connectivity index (χ1) is 9.64. The Hall–Kier alpha value is -1.58. The van der Waals surface area contributed by atoms with Crippen LogP contribution in [0.2, 0.25) is 0 Å². The molecule has 1 heterocycles. The molecule has 1 aromatic carbocycles. The van der Waals surface area contributed by atoms with Crippen LogP contribution in [-0.2, 0) is 19.4 Å². The fourth-order valence-corrected chi connectivity index (χ4v) is 3.24. The van der Waals surface area contributed by atoms with Crippen LogP contribution in [0.1, 0.15) is 22.5 Å². The molecule has 0 amide bonds. The molecule has 0 saturated carbocycles. The van der Waals surface area contributed by atoms with Crippen LogP contribution < -0.4 is 5.73 Å². The molecule has 0 unspecified atom stereocenters. The highest BCUT2D eigenvalue weighted by Crippen LogP contribution is 2.34. The van der Waals surface area contributed by atoms with Crippen LogP contribution in [-0.4, -0.2) is 24.0 Å². The summed E-state index contributed by atoms with van der Waals surface area (Å²) in [5, 5.41) is 0. The Morgan fingerprint density at radius 1 is 1.20 bits per heavy atom. The number of likely N-dealkylation sites (N-methyl/N-ethyl adjacent to an activating group) is 1. The van der Waals surface area contributed by atoms with Crippen molar-refractivity contribution in [3.8, 4) is 0 Å². The van der Waals surface area contributed by atoms with Gasteiger partial charge in [-0.1, -0.05) is 24.3 Å². The second kappa shape index (κ2) is 5.08. The number of nitrogens with zero attached hydrogens (tertiary/aromatic N) is 1. The van der Waals surface area contributed by atoms with E-state index in [1.165, 1.54) is 16.7 Å². The van der Waals surface area contributed by atoms with Crippen LogP contribution in [0.3, 0.4) is 0 Å². The van der Waals surface area contributed by atoms with Gasteiger partial charge in [0.25, 0.3) is 0 Å². The van der Waals surface area contributed by atoms with Gasteiger partial charge in [-0.3, -0.25) is 4.90 Å². The number of hydrogen-bond donors (Lipinski definition) is 1. The van der Waals surface area contributed by atoms with Gasteiger partial charge in [0.1, 0.15) is 5.76 Å². The number of nitrogens with two attached hydrogens (primary N) is 1. The van der Waals surface area contributed by atoms with E-state index in [9.17, 15) is 0 Å². The molecular formula is C17H22N2O. The van der Waals surface area contributed by atoms with Crippen molar-refractivity contribution < 1.29 is 4.42 Å². The molecule has 0 radical (unpaired) electrons. The summed E-state index contributed by atoms with van der Waals surface area (Å²) in [5.74, 6) is 1.000. The summed E-state index contributed by atoms with van der Waals surface area (Å²) >= 11 is 0. The Morgan fingerprint density at radius 3 is 2.35 bits per heavy atom. The zero-order chi connectivity index (χ0) is 14.2. The molecule has 0 saturated heterocycles. The molecule has 106 valence electrons. The Labute approximate surface area is 120 Å². The minimum absolute atomic E-state index is 0.0351. The lowest BCUT2D eigenvalue weighted by Crippen LogP contribution is -2.52. The quantitative estimate of drug-likeness (QED) is 0.928. The van der Waals surface area contributed by atoms with Gasteiger partial charge in [0, 0.05) is 24.2 Å². The van der Waals surface area contributed by atoms with Crippen LogP contribution in [0.5, 0.6) is 0 Å². The summed E-state index contributed by atoms with van der Waals surface area (Å²) in [6, 6.07) is 10.7. The van der Waals surface area contributed by atoms with E-state index in [1.54, 1.807) is 6.26 Å². The molecular weight excluding hydrogens is 248 g/mol. The van der Waals surface area contributed by atoms with Crippen molar-refractivity contribution in [3.05, 3.63) is 59.0 Å². The topological polar surface area (TPSA) is 42.4 Å². The SMILES string of the molecule is Cc1occc1CN(C)C1(CN)Cc2ccccc2C1. The van der Waals surface area contributed by atoms with Gasteiger partial charge in [0.05, 0.1) is 6.26 Å². The second-order valence-electron chi connectivity index (χ2n) is 5.91. The van der Waals surface area contributed by atoms with Crippen molar-refractivity contribution in [2.45, 2.75) is 31.8 Å². The van der Waals surface area contributed by atoms with E-state index < -0.39 is 0 Å². The van der Waals surface area contributed by atoms with E-state index in [1.807, 2.05) is 6.92 Å². The molecule has 2 aromatic rings. The van der Waals surface area contributed by atoms with Crippen LogP contribution in [0.25, 0.3) is 0 Å². The predicted molar refractivity (Wildman–Crippen MR) is 80.5 cm³/mol. The number of fused-ring (bicyclic) bond motifs is 1. The fourth-order valence-electron chi connectivity index (χ4n) is 3.24. The Morgan fingerprint density at radius 2 is 1.85 bits per heavy atom. The minimum Gasteiger partial charge on any atom is -0.469 e. The van der Waals surface area contributed by atoms with Gasteiger partial charge in [-0.2, -0.15) is 0 Å². The molecule has 0 aliphatic heterocycles. The molecule has 1 aromatic heterocycles. The zero-order valence-electron chi connectivity index (χ0n) is 12.2. The molecule has 3 heteroatoms. The van der Waals surface area contributed by atoms with Gasteiger partial charge in [-0.05, 0) is 44.0 Å². The first kappa shape index (κ1) is 13.4. The third-order valence-corrected chi connectivity index (χ3v) is 4.72. The van der Waals surface area contributed by atoms with Crippen molar-refractivity contribution in [2.24, 2.45) is 5.73 Å². The maximum Gasteiger partial charge on any atom is 0.105 e. The van der Waals surface area contributed by atoms with E-state index in [0.717, 1.165) is 25.1 Å². The molecule has 2 N–H and O–H groups in total. The van der Waals surface area contributed by atoms with Crippen molar-refractivity contribution in [1.82, 2.24) is 4.90 Å². The van der Waals surface area contributed by atoms with Crippen molar-refractivity contribution in [3.63, 3.8) is 0 Å². The standard InChI is InChI=1S/C17H22N2O/c1-13-16(7-8-20-13)11-19(2)17(12-18)9-14-5-3-4-6-15(14)10-17/h3-8H,9-12,18H2,1-2H3.